The lowest BCUT2D eigenvalue weighted by molar-refractivity contribution is -0.147. The molecule has 1 aliphatic rings. The van der Waals surface area contributed by atoms with Crippen molar-refractivity contribution in [3.63, 3.8) is 0 Å². The Kier molecular flexibility index (Phi) is 4.79. The Hall–Kier alpha value is -0.860. The number of benzene rings is 1. The molecule has 2 atom stereocenters. The summed E-state index contributed by atoms with van der Waals surface area (Å²) in [6.07, 6.45) is -1.02. The van der Waals surface area contributed by atoms with E-state index in [0.717, 1.165) is 4.31 Å². The molecule has 0 spiro atoms. The van der Waals surface area contributed by atoms with E-state index in [4.69, 9.17) is 28.3 Å². The molecule has 116 valence electrons. The first-order chi connectivity index (χ1) is 9.75. The molecule has 0 bridgehead atoms. The lowest BCUT2D eigenvalue weighted by Crippen LogP contribution is -2.48. The molecule has 1 aliphatic heterocycles. The lowest BCUT2D eigenvalue weighted by atomic mass is 9.96. The molecule has 1 aromatic carbocycles. The van der Waals surface area contributed by atoms with Crippen molar-refractivity contribution in [3.8, 4) is 0 Å². The van der Waals surface area contributed by atoms with Gasteiger partial charge in [0.15, 0.2) is 0 Å². The second-order valence-corrected chi connectivity index (χ2v) is 7.41. The third-order valence-corrected chi connectivity index (χ3v) is 6.23. The molecule has 1 heterocycles. The number of nitrogens with zero attached hydrogens (tertiary/aromatic N) is 1. The highest BCUT2D eigenvalue weighted by molar-refractivity contribution is 7.89. The zero-order chi connectivity index (χ0) is 15.8. The van der Waals surface area contributed by atoms with Crippen LogP contribution in [0.15, 0.2) is 23.1 Å². The van der Waals surface area contributed by atoms with E-state index in [0.29, 0.717) is 0 Å². The van der Waals surface area contributed by atoms with E-state index in [9.17, 15) is 18.3 Å². The quantitative estimate of drug-likeness (QED) is 0.857. The van der Waals surface area contributed by atoms with Gasteiger partial charge in [0.2, 0.25) is 10.0 Å². The number of aliphatic hydroxyl groups excluding tert-OH is 1. The number of halogens is 2. The van der Waals surface area contributed by atoms with E-state index in [-0.39, 0.29) is 34.5 Å². The van der Waals surface area contributed by atoms with Crippen LogP contribution < -0.4 is 0 Å². The fourth-order valence-electron chi connectivity index (χ4n) is 2.19. The van der Waals surface area contributed by atoms with E-state index in [1.54, 1.807) is 0 Å². The molecule has 0 aromatic heterocycles. The minimum absolute atomic E-state index is 0.0239. The van der Waals surface area contributed by atoms with E-state index in [1.807, 2.05) is 0 Å². The number of aliphatic hydroxyl groups is 1. The summed E-state index contributed by atoms with van der Waals surface area (Å²) in [4.78, 5) is 10.9. The molecule has 1 aromatic rings. The molecule has 0 saturated carbocycles. The number of aliphatic carboxylic acids is 1. The molecule has 0 aliphatic carbocycles. The predicted molar refractivity (Wildman–Crippen MR) is 77.0 cm³/mol. The van der Waals surface area contributed by atoms with Crippen LogP contribution in [0.5, 0.6) is 0 Å². The fourth-order valence-corrected chi connectivity index (χ4v) is 4.41. The van der Waals surface area contributed by atoms with Crippen LogP contribution in [0, 0.1) is 5.92 Å². The van der Waals surface area contributed by atoms with Gasteiger partial charge in [0, 0.05) is 13.1 Å². The number of carboxylic acid groups (broad SMARTS) is 1. The van der Waals surface area contributed by atoms with Gasteiger partial charge in [-0.05, 0) is 18.6 Å². The summed E-state index contributed by atoms with van der Waals surface area (Å²) in [5.41, 5.74) is 0. The Morgan fingerprint density at radius 3 is 2.62 bits per heavy atom. The first kappa shape index (κ1) is 16.5. The van der Waals surface area contributed by atoms with Crippen molar-refractivity contribution in [3.05, 3.63) is 28.2 Å². The summed E-state index contributed by atoms with van der Waals surface area (Å²) in [5.74, 6) is -2.40. The van der Waals surface area contributed by atoms with Crippen molar-refractivity contribution in [2.75, 3.05) is 13.1 Å². The van der Waals surface area contributed by atoms with Gasteiger partial charge in [0.1, 0.15) is 4.90 Å². The van der Waals surface area contributed by atoms with Crippen LogP contribution in [0.1, 0.15) is 6.42 Å². The number of piperidine rings is 1. The van der Waals surface area contributed by atoms with Gasteiger partial charge in [-0.15, -0.1) is 0 Å². The average molecular weight is 354 g/mol. The number of sulfonamides is 1. The smallest absolute Gasteiger partial charge is 0.310 e. The maximum absolute atomic E-state index is 12.5. The largest absolute Gasteiger partial charge is 0.481 e. The molecule has 2 N–H and O–H groups in total. The molecule has 0 unspecified atom stereocenters. The van der Waals surface area contributed by atoms with Crippen LogP contribution in [-0.2, 0) is 14.8 Å². The topological polar surface area (TPSA) is 94.9 Å². The molecule has 2 rings (SSSR count). The first-order valence-corrected chi connectivity index (χ1v) is 8.29. The average Bonchev–Trinajstić information content (AvgIpc) is 2.41. The number of carbonyl (C=O) groups is 1. The van der Waals surface area contributed by atoms with E-state index in [1.165, 1.54) is 18.2 Å². The van der Waals surface area contributed by atoms with Crippen LogP contribution in [0.25, 0.3) is 0 Å². The normalized spacial score (nSPS) is 24.0. The van der Waals surface area contributed by atoms with Crippen LogP contribution in [-0.4, -0.2) is 48.1 Å². The third-order valence-electron chi connectivity index (χ3n) is 3.39. The van der Waals surface area contributed by atoms with Gasteiger partial charge in [-0.3, -0.25) is 4.79 Å². The van der Waals surface area contributed by atoms with E-state index >= 15 is 0 Å². The Bertz CT molecular complexity index is 664. The highest BCUT2D eigenvalue weighted by Crippen LogP contribution is 2.32. The van der Waals surface area contributed by atoms with Gasteiger partial charge in [0.05, 0.1) is 22.1 Å². The zero-order valence-electron chi connectivity index (χ0n) is 10.7. The molecule has 1 saturated heterocycles. The van der Waals surface area contributed by atoms with Crippen molar-refractivity contribution >= 4 is 39.2 Å². The van der Waals surface area contributed by atoms with Crippen LogP contribution >= 0.6 is 23.2 Å². The van der Waals surface area contributed by atoms with Gasteiger partial charge in [-0.1, -0.05) is 29.3 Å². The zero-order valence-corrected chi connectivity index (χ0v) is 13.1. The maximum Gasteiger partial charge on any atom is 0.310 e. The summed E-state index contributed by atoms with van der Waals surface area (Å²) in [6.45, 7) is -0.280. The highest BCUT2D eigenvalue weighted by atomic mass is 35.5. The van der Waals surface area contributed by atoms with Gasteiger partial charge in [0.25, 0.3) is 0 Å². The maximum atomic E-state index is 12.5. The molecule has 1 fully saturated rings. The lowest BCUT2D eigenvalue weighted by Gasteiger charge is -2.33. The van der Waals surface area contributed by atoms with Crippen LogP contribution in [0.2, 0.25) is 10.0 Å². The summed E-state index contributed by atoms with van der Waals surface area (Å²) in [5, 5.41) is 18.7. The Morgan fingerprint density at radius 2 is 2.00 bits per heavy atom. The monoisotopic (exact) mass is 353 g/mol. The number of hydrogen-bond acceptors (Lipinski definition) is 4. The summed E-state index contributed by atoms with van der Waals surface area (Å²) in [6, 6.07) is 4.22. The number of rotatable bonds is 3. The van der Waals surface area contributed by atoms with Gasteiger partial charge >= 0.3 is 5.97 Å². The van der Waals surface area contributed by atoms with Crippen molar-refractivity contribution < 1.29 is 23.4 Å². The van der Waals surface area contributed by atoms with Crippen LogP contribution in [0.4, 0.5) is 0 Å². The fraction of sp³-hybridized carbons (Fsp3) is 0.417. The minimum atomic E-state index is -3.96. The molecule has 0 amide bonds. The molecule has 0 radical (unpaired) electrons. The minimum Gasteiger partial charge on any atom is -0.481 e. The highest BCUT2D eigenvalue weighted by Gasteiger charge is 2.39. The molecule has 6 nitrogen and oxygen atoms in total. The van der Waals surface area contributed by atoms with Crippen molar-refractivity contribution in [2.24, 2.45) is 5.92 Å². The summed E-state index contributed by atoms with van der Waals surface area (Å²) in [7, 11) is -3.96. The predicted octanol–water partition coefficient (Wildman–Crippen LogP) is 1.45. The number of hydrogen-bond donors (Lipinski definition) is 2. The van der Waals surface area contributed by atoms with E-state index < -0.39 is 28.0 Å². The summed E-state index contributed by atoms with van der Waals surface area (Å²) >= 11 is 11.7. The Morgan fingerprint density at radius 1 is 1.33 bits per heavy atom. The molecule has 21 heavy (non-hydrogen) atoms. The second kappa shape index (κ2) is 6.10. The molecular formula is C12H13Cl2NO5S. The van der Waals surface area contributed by atoms with Gasteiger partial charge in [-0.2, -0.15) is 4.31 Å². The van der Waals surface area contributed by atoms with Crippen molar-refractivity contribution in [1.82, 2.24) is 4.31 Å². The standard InChI is InChI=1S/C12H13Cl2NO5S/c13-8-2-1-3-10(11(8)14)21(19,20)15-5-4-9(16)7(6-15)12(17)18/h1-3,7,9,16H,4-6H2,(H,17,18)/t7-,9-/m0/s1. The molecular weight excluding hydrogens is 341 g/mol. The first-order valence-electron chi connectivity index (χ1n) is 6.10. The van der Waals surface area contributed by atoms with Gasteiger partial charge < -0.3 is 10.2 Å². The second-order valence-electron chi connectivity index (χ2n) is 4.72. The Labute approximate surface area is 131 Å². The van der Waals surface area contributed by atoms with Gasteiger partial charge in [-0.25, -0.2) is 8.42 Å². The van der Waals surface area contributed by atoms with Crippen molar-refractivity contribution in [2.45, 2.75) is 17.4 Å². The summed E-state index contributed by atoms with van der Waals surface area (Å²) < 4.78 is 26.1. The van der Waals surface area contributed by atoms with Crippen LogP contribution in [0.3, 0.4) is 0 Å². The number of carboxylic acids is 1. The van der Waals surface area contributed by atoms with Crippen molar-refractivity contribution in [1.29, 1.82) is 0 Å². The SMILES string of the molecule is O=C(O)[C@H]1CN(S(=O)(=O)c2cccc(Cl)c2Cl)CC[C@@H]1O. The van der Waals surface area contributed by atoms with E-state index in [2.05, 4.69) is 0 Å². The Balaban J connectivity index is 2.36. The third kappa shape index (κ3) is 3.17. The molecule has 9 heteroatoms.